The molecule has 0 aromatic rings. The zero-order valence-electron chi connectivity index (χ0n) is 5.48. The average molecular weight is 109 g/mol. The third kappa shape index (κ3) is 0.519. The van der Waals surface area contributed by atoms with E-state index in [0.29, 0.717) is 5.41 Å². The van der Waals surface area contributed by atoms with Crippen LogP contribution >= 0.6 is 0 Å². The van der Waals surface area contributed by atoms with Gasteiger partial charge in [-0.2, -0.15) is 0 Å². The van der Waals surface area contributed by atoms with Crippen LogP contribution in [0.3, 0.4) is 0 Å². The van der Waals surface area contributed by atoms with Crippen molar-refractivity contribution in [3.8, 4) is 0 Å². The number of hydrogen-bond acceptors (Lipinski definition) is 0. The molecule has 2 bridgehead atoms. The standard InChI is InChI=1S/C8H13/c1-8-4-2-3-7(5-8)6-8/h4,7H,2-3,5-6H2,1H3. The van der Waals surface area contributed by atoms with E-state index in [0.717, 1.165) is 5.92 Å². The minimum absolute atomic E-state index is 0.697. The van der Waals surface area contributed by atoms with Crippen molar-refractivity contribution in [3.05, 3.63) is 6.42 Å². The van der Waals surface area contributed by atoms with Crippen molar-refractivity contribution >= 4 is 0 Å². The zero-order valence-corrected chi connectivity index (χ0v) is 5.48. The van der Waals surface area contributed by atoms with E-state index in [1.165, 1.54) is 25.7 Å². The van der Waals surface area contributed by atoms with Gasteiger partial charge in [-0.1, -0.05) is 13.3 Å². The van der Waals surface area contributed by atoms with Gasteiger partial charge in [0.05, 0.1) is 0 Å². The van der Waals surface area contributed by atoms with Gasteiger partial charge in [0.2, 0.25) is 0 Å². The third-order valence-electron chi connectivity index (χ3n) is 2.72. The quantitative estimate of drug-likeness (QED) is 0.448. The average Bonchev–Trinajstić information content (AvgIpc) is 1.63. The zero-order chi connectivity index (χ0) is 5.61. The molecule has 3 aliphatic carbocycles. The summed E-state index contributed by atoms with van der Waals surface area (Å²) in [7, 11) is 0. The van der Waals surface area contributed by atoms with Crippen LogP contribution in [-0.4, -0.2) is 0 Å². The Labute approximate surface area is 51.3 Å². The van der Waals surface area contributed by atoms with Gasteiger partial charge >= 0.3 is 0 Å². The molecule has 0 aliphatic heterocycles. The van der Waals surface area contributed by atoms with Crippen molar-refractivity contribution in [2.24, 2.45) is 11.3 Å². The molecule has 0 heterocycles. The van der Waals surface area contributed by atoms with Crippen molar-refractivity contribution in [1.82, 2.24) is 0 Å². The topological polar surface area (TPSA) is 0 Å². The molecule has 45 valence electrons. The van der Waals surface area contributed by atoms with E-state index in [4.69, 9.17) is 0 Å². The molecule has 3 aliphatic rings. The lowest BCUT2D eigenvalue weighted by molar-refractivity contribution is 0.0647. The third-order valence-corrected chi connectivity index (χ3v) is 2.72. The van der Waals surface area contributed by atoms with Crippen molar-refractivity contribution in [2.45, 2.75) is 32.6 Å². The Hall–Kier alpha value is 0. The fourth-order valence-corrected chi connectivity index (χ4v) is 2.30. The lowest BCUT2D eigenvalue weighted by Crippen LogP contribution is -2.39. The molecule has 0 aromatic carbocycles. The predicted molar refractivity (Wildman–Crippen MR) is 34.4 cm³/mol. The molecule has 3 rings (SSSR count). The van der Waals surface area contributed by atoms with Gasteiger partial charge in [-0.15, -0.1) is 0 Å². The molecule has 0 amide bonds. The smallest absolute Gasteiger partial charge is 0.0289 e. The van der Waals surface area contributed by atoms with E-state index in [9.17, 15) is 0 Å². The minimum atomic E-state index is 0.697. The second kappa shape index (κ2) is 1.29. The highest BCUT2D eigenvalue weighted by atomic mass is 14.5. The largest absolute Gasteiger partial charge is 0.0593 e. The predicted octanol–water partition coefficient (Wildman–Crippen LogP) is 2.40. The van der Waals surface area contributed by atoms with Crippen LogP contribution in [0.2, 0.25) is 0 Å². The first kappa shape index (κ1) is 4.84. The van der Waals surface area contributed by atoms with Gasteiger partial charge in [0, 0.05) is 0 Å². The van der Waals surface area contributed by atoms with Gasteiger partial charge in [-0.25, -0.2) is 0 Å². The van der Waals surface area contributed by atoms with E-state index in [2.05, 4.69) is 13.3 Å². The van der Waals surface area contributed by atoms with Crippen LogP contribution in [0, 0.1) is 17.8 Å². The van der Waals surface area contributed by atoms with Crippen molar-refractivity contribution in [1.29, 1.82) is 0 Å². The highest BCUT2D eigenvalue weighted by molar-refractivity contribution is 5.04. The summed E-state index contributed by atoms with van der Waals surface area (Å²) in [6, 6.07) is 0. The van der Waals surface area contributed by atoms with E-state index < -0.39 is 0 Å². The summed E-state index contributed by atoms with van der Waals surface area (Å²) in [5.74, 6) is 1.12. The van der Waals surface area contributed by atoms with Gasteiger partial charge in [0.1, 0.15) is 0 Å². The Morgan fingerprint density at radius 2 is 2.25 bits per heavy atom. The molecule has 0 N–H and O–H groups in total. The second-order valence-electron chi connectivity index (χ2n) is 3.71. The highest BCUT2D eigenvalue weighted by Crippen LogP contribution is 2.54. The molecular weight excluding hydrogens is 96.1 g/mol. The Morgan fingerprint density at radius 1 is 1.50 bits per heavy atom. The normalized spacial score (nSPS) is 52.9. The Morgan fingerprint density at radius 3 is 2.50 bits per heavy atom. The monoisotopic (exact) mass is 109 g/mol. The van der Waals surface area contributed by atoms with Crippen LogP contribution in [0.15, 0.2) is 0 Å². The summed E-state index contributed by atoms with van der Waals surface area (Å²) in [6.45, 7) is 2.39. The first-order chi connectivity index (χ1) is 3.79. The Bertz CT molecular complexity index is 93.1. The molecule has 0 atom stereocenters. The van der Waals surface area contributed by atoms with Crippen LogP contribution in [0.5, 0.6) is 0 Å². The fourth-order valence-electron chi connectivity index (χ4n) is 2.30. The van der Waals surface area contributed by atoms with Crippen molar-refractivity contribution in [3.63, 3.8) is 0 Å². The first-order valence-corrected chi connectivity index (χ1v) is 3.63. The van der Waals surface area contributed by atoms with Gasteiger partial charge in [-0.3, -0.25) is 0 Å². The Kier molecular flexibility index (Phi) is 0.778. The number of rotatable bonds is 0. The molecule has 0 aromatic heterocycles. The maximum atomic E-state index is 2.52. The van der Waals surface area contributed by atoms with Crippen LogP contribution in [-0.2, 0) is 0 Å². The SMILES string of the molecule is CC12[CH]CCC(C1)C2. The summed E-state index contributed by atoms with van der Waals surface area (Å²) in [5, 5.41) is 0. The van der Waals surface area contributed by atoms with Gasteiger partial charge in [0.15, 0.2) is 0 Å². The summed E-state index contributed by atoms with van der Waals surface area (Å²) in [6.07, 6.45) is 8.38. The maximum absolute atomic E-state index is 2.52. The number of fused-ring (bicyclic) bond motifs is 2. The molecule has 3 fully saturated rings. The van der Waals surface area contributed by atoms with Crippen molar-refractivity contribution in [2.75, 3.05) is 0 Å². The van der Waals surface area contributed by atoms with Gasteiger partial charge in [-0.05, 0) is 37.0 Å². The molecule has 0 nitrogen and oxygen atoms in total. The molecular formula is C8H13. The molecule has 0 saturated heterocycles. The van der Waals surface area contributed by atoms with Crippen molar-refractivity contribution < 1.29 is 0 Å². The second-order valence-corrected chi connectivity index (χ2v) is 3.71. The highest BCUT2D eigenvalue weighted by Gasteiger charge is 2.42. The molecule has 0 unspecified atom stereocenters. The maximum Gasteiger partial charge on any atom is -0.0289 e. The summed E-state index contributed by atoms with van der Waals surface area (Å²) >= 11 is 0. The van der Waals surface area contributed by atoms with E-state index in [1.807, 2.05) is 0 Å². The van der Waals surface area contributed by atoms with Crippen LogP contribution in [0.4, 0.5) is 0 Å². The molecule has 1 radical (unpaired) electrons. The minimum Gasteiger partial charge on any atom is -0.0593 e. The van der Waals surface area contributed by atoms with E-state index >= 15 is 0 Å². The van der Waals surface area contributed by atoms with Gasteiger partial charge < -0.3 is 0 Å². The van der Waals surface area contributed by atoms with E-state index in [1.54, 1.807) is 0 Å². The number of hydrogen-bond donors (Lipinski definition) is 0. The lowest BCUT2D eigenvalue weighted by atomic mass is 9.55. The summed E-state index contributed by atoms with van der Waals surface area (Å²) < 4.78 is 0. The fraction of sp³-hybridized carbons (Fsp3) is 0.875. The lowest BCUT2D eigenvalue weighted by Gasteiger charge is -2.50. The Balaban J connectivity index is 2.06. The van der Waals surface area contributed by atoms with Crippen LogP contribution < -0.4 is 0 Å². The molecule has 3 saturated carbocycles. The molecule has 0 spiro atoms. The van der Waals surface area contributed by atoms with Crippen LogP contribution in [0.1, 0.15) is 32.6 Å². The summed E-state index contributed by atoms with van der Waals surface area (Å²) in [5.41, 5.74) is 0.697. The first-order valence-electron chi connectivity index (χ1n) is 3.63. The van der Waals surface area contributed by atoms with Gasteiger partial charge in [0.25, 0.3) is 0 Å². The van der Waals surface area contributed by atoms with Crippen LogP contribution in [0.25, 0.3) is 0 Å². The van der Waals surface area contributed by atoms with E-state index in [-0.39, 0.29) is 0 Å². The summed E-state index contributed by atoms with van der Waals surface area (Å²) in [4.78, 5) is 0. The molecule has 8 heavy (non-hydrogen) atoms. The molecule has 0 heteroatoms.